The SMILES string of the molecule is CN=C(NCC(C)Sc1ccccc1)N(C)Cc1ncnn1C. The van der Waals surface area contributed by atoms with Crippen LogP contribution in [0.2, 0.25) is 0 Å². The van der Waals surface area contributed by atoms with Gasteiger partial charge in [0.1, 0.15) is 12.2 Å². The Balaban J connectivity index is 1.83. The quantitative estimate of drug-likeness (QED) is 0.498. The van der Waals surface area contributed by atoms with Crippen molar-refractivity contribution in [2.75, 3.05) is 20.6 Å². The molecule has 0 bridgehead atoms. The first-order valence-electron chi connectivity index (χ1n) is 7.56. The molecule has 124 valence electrons. The smallest absolute Gasteiger partial charge is 0.193 e. The van der Waals surface area contributed by atoms with E-state index in [0.717, 1.165) is 18.3 Å². The molecule has 2 rings (SSSR count). The van der Waals surface area contributed by atoms with Crippen molar-refractivity contribution in [3.8, 4) is 0 Å². The second-order valence-corrected chi connectivity index (χ2v) is 6.84. The number of rotatable bonds is 6. The van der Waals surface area contributed by atoms with E-state index in [9.17, 15) is 0 Å². The normalized spacial score (nSPS) is 13.0. The maximum Gasteiger partial charge on any atom is 0.193 e. The zero-order chi connectivity index (χ0) is 16.7. The predicted molar refractivity (Wildman–Crippen MR) is 95.6 cm³/mol. The average Bonchev–Trinajstić information content (AvgIpc) is 2.94. The highest BCUT2D eigenvalue weighted by molar-refractivity contribution is 8.00. The van der Waals surface area contributed by atoms with Gasteiger partial charge in [-0.25, -0.2) is 4.98 Å². The molecule has 0 aliphatic carbocycles. The lowest BCUT2D eigenvalue weighted by molar-refractivity contribution is 0.449. The standard InChI is InChI=1S/C16H24N6S/c1-13(23-14-8-6-5-7-9-14)10-18-16(17-2)21(3)11-15-19-12-20-22(15)4/h5-9,12-13H,10-11H2,1-4H3,(H,17,18). The maximum absolute atomic E-state index is 4.34. The Morgan fingerprint density at radius 1 is 1.39 bits per heavy atom. The summed E-state index contributed by atoms with van der Waals surface area (Å²) in [5.41, 5.74) is 0. The molecule has 7 heteroatoms. The van der Waals surface area contributed by atoms with Crippen LogP contribution < -0.4 is 5.32 Å². The fourth-order valence-corrected chi connectivity index (χ4v) is 3.09. The number of hydrogen-bond donors (Lipinski definition) is 1. The van der Waals surface area contributed by atoms with Gasteiger partial charge in [-0.05, 0) is 12.1 Å². The van der Waals surface area contributed by atoms with Crippen molar-refractivity contribution >= 4 is 17.7 Å². The predicted octanol–water partition coefficient (Wildman–Crippen LogP) is 2.00. The van der Waals surface area contributed by atoms with Gasteiger partial charge in [0.2, 0.25) is 0 Å². The third kappa shape index (κ3) is 5.28. The molecule has 0 radical (unpaired) electrons. The first-order chi connectivity index (χ1) is 11.1. The molecule has 23 heavy (non-hydrogen) atoms. The molecule has 6 nitrogen and oxygen atoms in total. The van der Waals surface area contributed by atoms with Crippen molar-refractivity contribution in [2.24, 2.45) is 12.0 Å². The number of aryl methyl sites for hydroxylation is 1. The molecule has 0 spiro atoms. The number of thioether (sulfide) groups is 1. The van der Waals surface area contributed by atoms with E-state index in [4.69, 9.17) is 0 Å². The average molecular weight is 332 g/mol. The van der Waals surface area contributed by atoms with Crippen LogP contribution in [0.4, 0.5) is 0 Å². The van der Waals surface area contributed by atoms with Crippen molar-refractivity contribution in [2.45, 2.75) is 23.6 Å². The Morgan fingerprint density at radius 3 is 2.74 bits per heavy atom. The summed E-state index contributed by atoms with van der Waals surface area (Å²) < 4.78 is 1.78. The molecule has 1 aromatic heterocycles. The third-order valence-electron chi connectivity index (χ3n) is 3.39. The number of nitrogens with zero attached hydrogens (tertiary/aromatic N) is 5. The highest BCUT2D eigenvalue weighted by Crippen LogP contribution is 2.21. The van der Waals surface area contributed by atoms with Crippen LogP contribution >= 0.6 is 11.8 Å². The van der Waals surface area contributed by atoms with Crippen LogP contribution in [0.5, 0.6) is 0 Å². The first-order valence-corrected chi connectivity index (χ1v) is 8.44. The molecular weight excluding hydrogens is 308 g/mol. The van der Waals surface area contributed by atoms with E-state index in [2.05, 4.69) is 51.6 Å². The highest BCUT2D eigenvalue weighted by atomic mass is 32.2. The van der Waals surface area contributed by atoms with Crippen molar-refractivity contribution < 1.29 is 0 Å². The van der Waals surface area contributed by atoms with E-state index in [1.54, 1.807) is 18.1 Å². The molecule has 0 fully saturated rings. The summed E-state index contributed by atoms with van der Waals surface area (Å²) in [5.74, 6) is 1.76. The van der Waals surface area contributed by atoms with E-state index in [-0.39, 0.29) is 0 Å². The third-order valence-corrected chi connectivity index (χ3v) is 4.50. The minimum atomic E-state index is 0.442. The Bertz CT molecular complexity index is 625. The summed E-state index contributed by atoms with van der Waals surface area (Å²) in [7, 11) is 5.69. The second kappa shape index (κ2) is 8.57. The monoisotopic (exact) mass is 332 g/mol. The summed E-state index contributed by atoms with van der Waals surface area (Å²) in [6, 6.07) is 10.4. The summed E-state index contributed by atoms with van der Waals surface area (Å²) in [5, 5.41) is 7.95. The van der Waals surface area contributed by atoms with Crippen LogP contribution in [-0.4, -0.2) is 51.5 Å². The zero-order valence-corrected chi connectivity index (χ0v) is 14.9. The molecular formula is C16H24N6S. The number of aliphatic imine (C=N–C) groups is 1. The van der Waals surface area contributed by atoms with Gasteiger partial charge in [0.05, 0.1) is 6.54 Å². The topological polar surface area (TPSA) is 58.3 Å². The highest BCUT2D eigenvalue weighted by Gasteiger charge is 2.11. The number of nitrogens with one attached hydrogen (secondary N) is 1. The maximum atomic E-state index is 4.34. The van der Waals surface area contributed by atoms with Crippen LogP contribution in [0.3, 0.4) is 0 Å². The molecule has 1 unspecified atom stereocenters. The minimum Gasteiger partial charge on any atom is -0.355 e. The molecule has 0 saturated heterocycles. The number of hydrogen-bond acceptors (Lipinski definition) is 4. The fourth-order valence-electron chi connectivity index (χ4n) is 2.14. The molecule has 1 atom stereocenters. The molecule has 0 amide bonds. The lowest BCUT2D eigenvalue weighted by atomic mass is 10.4. The van der Waals surface area contributed by atoms with Crippen molar-refractivity contribution in [1.82, 2.24) is 25.0 Å². The molecule has 0 aliphatic heterocycles. The first kappa shape index (κ1) is 17.3. The molecule has 0 saturated carbocycles. The van der Waals surface area contributed by atoms with Crippen LogP contribution in [0.25, 0.3) is 0 Å². The van der Waals surface area contributed by atoms with Gasteiger partial charge in [-0.1, -0.05) is 25.1 Å². The van der Waals surface area contributed by atoms with Crippen LogP contribution in [0.15, 0.2) is 46.5 Å². The van der Waals surface area contributed by atoms with Gasteiger partial charge in [0.25, 0.3) is 0 Å². The summed E-state index contributed by atoms with van der Waals surface area (Å²) >= 11 is 1.85. The number of guanidine groups is 1. The van der Waals surface area contributed by atoms with Crippen LogP contribution in [0, 0.1) is 0 Å². The van der Waals surface area contributed by atoms with Crippen LogP contribution in [0.1, 0.15) is 12.7 Å². The van der Waals surface area contributed by atoms with Gasteiger partial charge in [0.15, 0.2) is 5.96 Å². The van der Waals surface area contributed by atoms with Crippen molar-refractivity contribution in [3.63, 3.8) is 0 Å². The van der Waals surface area contributed by atoms with Gasteiger partial charge < -0.3 is 10.2 Å². The fraction of sp³-hybridized carbons (Fsp3) is 0.438. The van der Waals surface area contributed by atoms with E-state index in [1.165, 1.54) is 4.90 Å². The van der Waals surface area contributed by atoms with E-state index < -0.39 is 0 Å². The van der Waals surface area contributed by atoms with Crippen molar-refractivity contribution in [3.05, 3.63) is 42.5 Å². The van der Waals surface area contributed by atoms with Gasteiger partial charge in [0, 0.05) is 37.8 Å². The molecule has 2 aromatic rings. The summed E-state index contributed by atoms with van der Waals surface area (Å²) in [4.78, 5) is 11.9. The second-order valence-electron chi connectivity index (χ2n) is 5.33. The Morgan fingerprint density at radius 2 is 2.13 bits per heavy atom. The minimum absolute atomic E-state index is 0.442. The van der Waals surface area contributed by atoms with Gasteiger partial charge in [-0.3, -0.25) is 9.67 Å². The van der Waals surface area contributed by atoms with E-state index in [0.29, 0.717) is 11.8 Å². The number of aromatic nitrogens is 3. The van der Waals surface area contributed by atoms with Gasteiger partial charge in [-0.15, -0.1) is 11.8 Å². The summed E-state index contributed by atoms with van der Waals surface area (Å²) in [6.07, 6.45) is 1.57. The largest absolute Gasteiger partial charge is 0.355 e. The molecule has 1 heterocycles. The summed E-state index contributed by atoms with van der Waals surface area (Å²) in [6.45, 7) is 3.71. The lowest BCUT2D eigenvalue weighted by Gasteiger charge is -2.23. The Kier molecular flexibility index (Phi) is 6.46. The number of benzene rings is 1. The van der Waals surface area contributed by atoms with E-state index in [1.807, 2.05) is 36.8 Å². The van der Waals surface area contributed by atoms with Gasteiger partial charge in [-0.2, -0.15) is 5.10 Å². The zero-order valence-electron chi connectivity index (χ0n) is 14.1. The molecule has 1 N–H and O–H groups in total. The Hall–Kier alpha value is -2.02. The van der Waals surface area contributed by atoms with E-state index >= 15 is 0 Å². The van der Waals surface area contributed by atoms with Crippen LogP contribution in [-0.2, 0) is 13.6 Å². The lowest BCUT2D eigenvalue weighted by Crippen LogP contribution is -2.41. The van der Waals surface area contributed by atoms with Gasteiger partial charge >= 0.3 is 0 Å². The molecule has 1 aromatic carbocycles. The Labute approximate surface area is 142 Å². The van der Waals surface area contributed by atoms with Crippen molar-refractivity contribution in [1.29, 1.82) is 0 Å². The molecule has 0 aliphatic rings.